The van der Waals surface area contributed by atoms with E-state index < -0.39 is 16.2 Å². The van der Waals surface area contributed by atoms with Crippen LogP contribution in [0.25, 0.3) is 0 Å². The van der Waals surface area contributed by atoms with Crippen molar-refractivity contribution in [2.45, 2.75) is 26.7 Å². The summed E-state index contributed by atoms with van der Waals surface area (Å²) in [6.45, 7) is 6.88. The second-order valence-corrected chi connectivity index (χ2v) is 9.60. The van der Waals surface area contributed by atoms with Crippen molar-refractivity contribution in [2.24, 2.45) is 0 Å². The van der Waals surface area contributed by atoms with Gasteiger partial charge in [-0.3, -0.25) is 9.87 Å². The number of amides is 1. The molecule has 10 heteroatoms. The predicted molar refractivity (Wildman–Crippen MR) is 129 cm³/mol. The van der Waals surface area contributed by atoms with E-state index in [1.165, 1.54) is 0 Å². The zero-order chi connectivity index (χ0) is 25.0. The number of nitriles is 1. The normalized spacial score (nSPS) is 11.5. The Hall–Kier alpha value is -3.13. The molecule has 0 atom stereocenters. The summed E-state index contributed by atoms with van der Waals surface area (Å²) in [5.41, 5.74) is 2.74. The number of likely N-dealkylation sites (N-methyl/N-ethyl adjacent to an activating group) is 1. The van der Waals surface area contributed by atoms with Crippen molar-refractivity contribution < 1.29 is 31.7 Å². The summed E-state index contributed by atoms with van der Waals surface area (Å²) in [6, 6.07) is 14.7. The minimum Gasteiger partial charge on any atom is -0.443 e. The van der Waals surface area contributed by atoms with E-state index in [9.17, 15) is 13.2 Å². The fraction of sp³-hybridized carbons (Fsp3) is 0.417. The molecule has 2 N–H and O–H groups in total. The van der Waals surface area contributed by atoms with Crippen LogP contribution in [0, 0.1) is 11.5 Å². The fourth-order valence-electron chi connectivity index (χ4n) is 3.71. The maximum atomic E-state index is 12.2. The summed E-state index contributed by atoms with van der Waals surface area (Å²) < 4.78 is 41.6. The van der Waals surface area contributed by atoms with E-state index in [0.29, 0.717) is 41.9 Å². The molecule has 0 aromatic heterocycles. The zero-order valence-corrected chi connectivity index (χ0v) is 20.4. The van der Waals surface area contributed by atoms with Crippen LogP contribution in [-0.2, 0) is 21.3 Å². The van der Waals surface area contributed by atoms with Crippen LogP contribution in [0.5, 0.6) is 5.75 Å². The molecule has 0 bridgehead atoms. The summed E-state index contributed by atoms with van der Waals surface area (Å²) in [7, 11) is -3.98. The molecule has 0 saturated heterocycles. The van der Waals surface area contributed by atoms with Crippen LogP contribution in [0.1, 0.15) is 31.4 Å². The molecule has 0 aliphatic rings. The Morgan fingerprint density at radius 1 is 1.03 bits per heavy atom. The maximum Gasteiger partial charge on any atom is 0.411 e. The van der Waals surface area contributed by atoms with Crippen molar-refractivity contribution >= 4 is 21.9 Å². The summed E-state index contributed by atoms with van der Waals surface area (Å²) >= 11 is 0. The van der Waals surface area contributed by atoms with E-state index in [1.54, 1.807) is 30.5 Å². The third-order valence-corrected chi connectivity index (χ3v) is 6.68. The van der Waals surface area contributed by atoms with Gasteiger partial charge in [0.2, 0.25) is 0 Å². The van der Waals surface area contributed by atoms with Crippen LogP contribution in [0.3, 0.4) is 0 Å². The molecule has 0 spiro atoms. The van der Waals surface area contributed by atoms with Crippen molar-refractivity contribution in [1.82, 2.24) is 0 Å². The van der Waals surface area contributed by atoms with Crippen LogP contribution in [-0.4, -0.2) is 62.1 Å². The molecule has 2 aromatic rings. The van der Waals surface area contributed by atoms with Gasteiger partial charge in [0.05, 0.1) is 25.4 Å². The number of hydrogen-bond donors (Lipinski definition) is 2. The third-order valence-electron chi connectivity index (χ3n) is 5.87. The molecule has 184 valence electrons. The first-order valence-corrected chi connectivity index (χ1v) is 12.8. The molecule has 0 aliphatic heterocycles. The van der Waals surface area contributed by atoms with Gasteiger partial charge in [0.15, 0.2) is 0 Å². The number of anilines is 1. The molecule has 2 aromatic carbocycles. The van der Waals surface area contributed by atoms with Crippen molar-refractivity contribution in [2.75, 3.05) is 43.9 Å². The highest BCUT2D eigenvalue weighted by atomic mass is 32.2. The van der Waals surface area contributed by atoms with E-state index in [4.69, 9.17) is 19.3 Å². The highest BCUT2D eigenvalue weighted by Crippen LogP contribution is 2.17. The summed E-state index contributed by atoms with van der Waals surface area (Å²) in [4.78, 5) is 12.2. The lowest BCUT2D eigenvalue weighted by Crippen LogP contribution is -2.51. The van der Waals surface area contributed by atoms with Gasteiger partial charge in [0, 0.05) is 12.1 Å². The lowest BCUT2D eigenvalue weighted by atomic mass is 10.0. The number of quaternary nitrogens is 1. The number of nitrogens with one attached hydrogen (secondary N) is 1. The molecular weight excluding hydrogens is 458 g/mol. The van der Waals surface area contributed by atoms with Gasteiger partial charge in [-0.2, -0.15) is 8.42 Å². The van der Waals surface area contributed by atoms with Gasteiger partial charge in [-0.05, 0) is 55.7 Å². The molecule has 0 heterocycles. The van der Waals surface area contributed by atoms with E-state index in [-0.39, 0.29) is 12.4 Å². The van der Waals surface area contributed by atoms with Crippen molar-refractivity contribution in [1.29, 1.82) is 5.26 Å². The van der Waals surface area contributed by atoms with Gasteiger partial charge in [-0.25, -0.2) is 4.79 Å². The van der Waals surface area contributed by atoms with Crippen molar-refractivity contribution in [3.05, 3.63) is 59.7 Å². The molecular formula is C24H32N3O6S+. The average Bonchev–Trinajstić information content (AvgIpc) is 2.80. The van der Waals surface area contributed by atoms with Gasteiger partial charge in [-0.15, -0.1) is 5.26 Å². The maximum absolute atomic E-state index is 12.2. The quantitative estimate of drug-likeness (QED) is 0.248. The zero-order valence-electron chi connectivity index (χ0n) is 19.6. The smallest absolute Gasteiger partial charge is 0.411 e. The summed E-state index contributed by atoms with van der Waals surface area (Å²) in [5, 5.41) is 11.2. The van der Waals surface area contributed by atoms with Crippen LogP contribution < -0.4 is 10.1 Å². The molecule has 1 amide bonds. The monoisotopic (exact) mass is 490 g/mol. The molecule has 0 fully saturated rings. The number of carbonyl (C=O) groups is 1. The SMILES string of the molecule is CC[N+](CC)(CCCS(=O)(=O)O)CCOC(=O)Nc1ccc(Cc2ccc(OC#N)cc2)cc1. The van der Waals surface area contributed by atoms with Gasteiger partial charge < -0.3 is 14.0 Å². The molecule has 0 aliphatic carbocycles. The van der Waals surface area contributed by atoms with E-state index in [2.05, 4.69) is 5.32 Å². The Labute approximate surface area is 201 Å². The van der Waals surface area contributed by atoms with Crippen molar-refractivity contribution in [3.8, 4) is 12.0 Å². The summed E-state index contributed by atoms with van der Waals surface area (Å²) in [6.07, 6.45) is 2.13. The second kappa shape index (κ2) is 12.9. The van der Waals surface area contributed by atoms with Crippen LogP contribution in [0.15, 0.2) is 48.5 Å². The number of rotatable bonds is 13. The Morgan fingerprint density at radius 2 is 1.62 bits per heavy atom. The minimum absolute atomic E-state index is 0.197. The fourth-order valence-corrected chi connectivity index (χ4v) is 4.20. The van der Waals surface area contributed by atoms with Gasteiger partial charge >= 0.3 is 6.09 Å². The molecule has 9 nitrogen and oxygen atoms in total. The number of carbonyl (C=O) groups excluding carboxylic acids is 1. The molecule has 0 radical (unpaired) electrons. The number of benzene rings is 2. The van der Waals surface area contributed by atoms with E-state index in [1.807, 2.05) is 38.1 Å². The standard InChI is InChI=1S/C24H31N3O6S/c1-3-27(4-2,14-5-17-34(29,30)31)15-16-32-24(28)26-22-10-6-20(7-11-22)18-21-8-12-23(13-9-21)33-19-25/h6-13H,3-5,14-18H2,1-2H3,(H-,26,28,29,30,31)/p+1. The van der Waals surface area contributed by atoms with Gasteiger partial charge in [0.1, 0.15) is 18.9 Å². The largest absolute Gasteiger partial charge is 0.443 e. The molecule has 0 saturated carbocycles. The van der Waals surface area contributed by atoms with Crippen LogP contribution >= 0.6 is 0 Å². The predicted octanol–water partition coefficient (Wildman–Crippen LogP) is 3.82. The second-order valence-electron chi connectivity index (χ2n) is 8.03. The highest BCUT2D eigenvalue weighted by Gasteiger charge is 2.24. The Bertz CT molecular complexity index is 1060. The Balaban J connectivity index is 1.81. The van der Waals surface area contributed by atoms with E-state index >= 15 is 0 Å². The first-order valence-electron chi connectivity index (χ1n) is 11.2. The Kier molecular flexibility index (Phi) is 10.3. The topological polar surface area (TPSA) is 126 Å². The number of hydrogen-bond acceptors (Lipinski definition) is 6. The van der Waals surface area contributed by atoms with Gasteiger partial charge in [-0.1, -0.05) is 24.3 Å². The number of nitrogens with zero attached hydrogens (tertiary/aromatic N) is 2. The third kappa shape index (κ3) is 9.39. The first kappa shape index (κ1) is 27.1. The van der Waals surface area contributed by atoms with Crippen LogP contribution in [0.2, 0.25) is 0 Å². The highest BCUT2D eigenvalue weighted by molar-refractivity contribution is 7.85. The average molecular weight is 491 g/mol. The van der Waals surface area contributed by atoms with E-state index in [0.717, 1.165) is 24.2 Å². The lowest BCUT2D eigenvalue weighted by Gasteiger charge is -2.36. The van der Waals surface area contributed by atoms with Gasteiger partial charge in [0.25, 0.3) is 16.4 Å². The lowest BCUT2D eigenvalue weighted by molar-refractivity contribution is -0.925. The van der Waals surface area contributed by atoms with Crippen LogP contribution in [0.4, 0.5) is 10.5 Å². The number of ether oxygens (including phenoxy) is 2. The summed E-state index contributed by atoms with van der Waals surface area (Å²) in [5.74, 6) is 0.224. The molecule has 0 unspecified atom stereocenters. The molecule has 34 heavy (non-hydrogen) atoms. The minimum atomic E-state index is -3.98. The first-order chi connectivity index (χ1) is 16.2. The Morgan fingerprint density at radius 3 is 2.15 bits per heavy atom. The molecule has 2 rings (SSSR count). The van der Waals surface area contributed by atoms with Crippen molar-refractivity contribution in [3.63, 3.8) is 0 Å².